The molecule has 0 N–H and O–H groups in total. The van der Waals surface area contributed by atoms with Crippen molar-refractivity contribution >= 4 is 21.5 Å². The lowest BCUT2D eigenvalue weighted by molar-refractivity contribution is 0.413. The second kappa shape index (κ2) is 5.96. The molecule has 0 unspecified atom stereocenters. The third-order valence-electron chi connectivity index (χ3n) is 2.34. The Hall–Kier alpha value is -0.760. The Labute approximate surface area is 100 Å². The minimum atomic E-state index is 0.948. The van der Waals surface area contributed by atoms with Crippen molar-refractivity contribution in [1.29, 1.82) is 0 Å². The van der Waals surface area contributed by atoms with E-state index in [0.717, 1.165) is 17.5 Å². The van der Waals surface area contributed by atoms with Crippen LogP contribution in [0.15, 0.2) is 24.3 Å². The van der Waals surface area contributed by atoms with Gasteiger partial charge in [0.2, 0.25) is 0 Å². The molecule has 0 spiro atoms. The van der Waals surface area contributed by atoms with Gasteiger partial charge in [-0.25, -0.2) is 0 Å². The topological polar surface area (TPSA) is 9.23 Å². The van der Waals surface area contributed by atoms with Crippen LogP contribution >= 0.6 is 15.9 Å². The van der Waals surface area contributed by atoms with E-state index < -0.39 is 0 Å². The molecule has 1 aromatic carbocycles. The quantitative estimate of drug-likeness (QED) is 0.744. The maximum Gasteiger partial charge on any atom is 0.126 e. The van der Waals surface area contributed by atoms with Crippen LogP contribution < -0.4 is 4.74 Å². The molecular weight excluding hydrogens is 252 g/mol. The van der Waals surface area contributed by atoms with E-state index in [9.17, 15) is 0 Å². The Bertz CT molecular complexity index is 356. The van der Waals surface area contributed by atoms with Gasteiger partial charge in [-0.3, -0.25) is 0 Å². The molecule has 0 aliphatic heterocycles. The van der Waals surface area contributed by atoms with E-state index in [0.29, 0.717) is 0 Å². The monoisotopic (exact) mass is 268 g/mol. The molecule has 0 fully saturated rings. The summed E-state index contributed by atoms with van der Waals surface area (Å²) in [7, 11) is 1.71. The van der Waals surface area contributed by atoms with Crippen molar-refractivity contribution < 1.29 is 4.74 Å². The van der Waals surface area contributed by atoms with Crippen LogP contribution in [0.2, 0.25) is 0 Å². The first-order valence-corrected chi connectivity index (χ1v) is 6.19. The fourth-order valence-electron chi connectivity index (χ4n) is 1.51. The molecule has 0 aliphatic rings. The molecule has 0 aromatic heterocycles. The number of hydrogen-bond acceptors (Lipinski definition) is 1. The number of allylic oxidation sites excluding steroid dienone is 2. The summed E-state index contributed by atoms with van der Waals surface area (Å²) in [4.78, 5) is 0. The molecule has 1 rings (SSSR count). The highest BCUT2D eigenvalue weighted by Gasteiger charge is 2.04. The van der Waals surface area contributed by atoms with Gasteiger partial charge in [-0.1, -0.05) is 33.6 Å². The number of hydrogen-bond donors (Lipinski definition) is 0. The fourth-order valence-corrected chi connectivity index (χ4v) is 1.74. The number of methoxy groups -OCH3 is 1. The summed E-state index contributed by atoms with van der Waals surface area (Å²) < 4.78 is 5.35. The van der Waals surface area contributed by atoms with Gasteiger partial charge in [-0.2, -0.15) is 0 Å². The van der Waals surface area contributed by atoms with E-state index in [1.165, 1.54) is 16.7 Å². The zero-order valence-corrected chi connectivity index (χ0v) is 11.1. The normalized spacial score (nSPS) is 11.6. The summed E-state index contributed by atoms with van der Waals surface area (Å²) in [6.45, 7) is 4.22. The summed E-state index contributed by atoms with van der Waals surface area (Å²) in [6.07, 6.45) is 3.27. The molecule has 0 atom stereocenters. The summed E-state index contributed by atoms with van der Waals surface area (Å²) in [5, 5.41) is 0.998. The minimum absolute atomic E-state index is 0.948. The van der Waals surface area contributed by atoms with Crippen molar-refractivity contribution in [2.75, 3.05) is 12.4 Å². The van der Waals surface area contributed by atoms with Gasteiger partial charge in [0, 0.05) is 10.9 Å². The van der Waals surface area contributed by atoms with Gasteiger partial charge in [0.05, 0.1) is 7.11 Å². The van der Waals surface area contributed by atoms with E-state index in [4.69, 9.17) is 4.74 Å². The number of ether oxygens (including phenoxy) is 1. The molecule has 0 saturated carbocycles. The molecule has 15 heavy (non-hydrogen) atoms. The molecule has 0 radical (unpaired) electrons. The van der Waals surface area contributed by atoms with Gasteiger partial charge >= 0.3 is 0 Å². The predicted molar refractivity (Wildman–Crippen MR) is 69.8 cm³/mol. The smallest absolute Gasteiger partial charge is 0.126 e. The predicted octanol–water partition coefficient (Wildman–Crippen LogP) is 4.19. The number of alkyl halides is 1. The van der Waals surface area contributed by atoms with Crippen LogP contribution in [0.5, 0.6) is 5.75 Å². The SMILES string of the molecule is COc1ccc(C)cc1C(C)=CCCBr. The Morgan fingerprint density at radius 1 is 1.47 bits per heavy atom. The Morgan fingerprint density at radius 3 is 2.80 bits per heavy atom. The molecular formula is C13H17BrO. The standard InChI is InChI=1S/C13H17BrO/c1-10-6-7-13(15-3)12(9-10)11(2)5-4-8-14/h5-7,9H,4,8H2,1-3H3. The molecule has 0 bridgehead atoms. The number of aryl methyl sites for hydroxylation is 1. The van der Waals surface area contributed by atoms with Crippen molar-refractivity contribution in [3.63, 3.8) is 0 Å². The Kier molecular flexibility index (Phi) is 4.89. The van der Waals surface area contributed by atoms with Gasteiger partial charge in [0.1, 0.15) is 5.75 Å². The maximum atomic E-state index is 5.35. The largest absolute Gasteiger partial charge is 0.496 e. The lowest BCUT2D eigenvalue weighted by Gasteiger charge is -2.09. The van der Waals surface area contributed by atoms with Crippen LogP contribution in [0.1, 0.15) is 24.5 Å². The van der Waals surface area contributed by atoms with Crippen molar-refractivity contribution in [3.8, 4) is 5.75 Å². The van der Waals surface area contributed by atoms with Crippen LogP contribution in [0.3, 0.4) is 0 Å². The van der Waals surface area contributed by atoms with Crippen molar-refractivity contribution in [1.82, 2.24) is 0 Å². The van der Waals surface area contributed by atoms with Crippen LogP contribution in [-0.4, -0.2) is 12.4 Å². The molecule has 0 saturated heterocycles. The molecule has 0 amide bonds. The number of rotatable bonds is 4. The van der Waals surface area contributed by atoms with E-state index in [-0.39, 0.29) is 0 Å². The second-order valence-corrected chi connectivity index (χ2v) is 4.36. The van der Waals surface area contributed by atoms with Crippen LogP contribution in [0.25, 0.3) is 5.57 Å². The molecule has 0 heterocycles. The van der Waals surface area contributed by atoms with Crippen LogP contribution in [0, 0.1) is 6.92 Å². The van der Waals surface area contributed by atoms with Gasteiger partial charge in [-0.05, 0) is 38.0 Å². The maximum absolute atomic E-state index is 5.35. The Morgan fingerprint density at radius 2 is 2.20 bits per heavy atom. The lowest BCUT2D eigenvalue weighted by Crippen LogP contribution is -1.91. The van der Waals surface area contributed by atoms with Gasteiger partial charge < -0.3 is 4.74 Å². The molecule has 0 aliphatic carbocycles. The molecule has 1 nitrogen and oxygen atoms in total. The van der Waals surface area contributed by atoms with Crippen LogP contribution in [-0.2, 0) is 0 Å². The van der Waals surface area contributed by atoms with E-state index in [2.05, 4.69) is 48.0 Å². The van der Waals surface area contributed by atoms with E-state index in [1.807, 2.05) is 6.07 Å². The molecule has 2 heteroatoms. The second-order valence-electron chi connectivity index (χ2n) is 3.57. The first-order valence-electron chi connectivity index (χ1n) is 5.06. The first-order chi connectivity index (χ1) is 7.19. The van der Waals surface area contributed by atoms with E-state index >= 15 is 0 Å². The first kappa shape index (κ1) is 12.3. The Balaban J connectivity index is 3.05. The highest BCUT2D eigenvalue weighted by Crippen LogP contribution is 2.27. The third kappa shape index (κ3) is 3.38. The molecule has 82 valence electrons. The fraction of sp³-hybridized carbons (Fsp3) is 0.385. The van der Waals surface area contributed by atoms with Gasteiger partial charge in [-0.15, -0.1) is 0 Å². The molecule has 1 aromatic rings. The van der Waals surface area contributed by atoms with Gasteiger partial charge in [0.25, 0.3) is 0 Å². The van der Waals surface area contributed by atoms with Crippen molar-refractivity contribution in [2.45, 2.75) is 20.3 Å². The number of benzene rings is 1. The van der Waals surface area contributed by atoms with E-state index in [1.54, 1.807) is 7.11 Å². The summed E-state index contributed by atoms with van der Waals surface area (Å²) in [5.74, 6) is 0.948. The van der Waals surface area contributed by atoms with Crippen molar-refractivity contribution in [2.24, 2.45) is 0 Å². The van der Waals surface area contributed by atoms with Crippen LogP contribution in [0.4, 0.5) is 0 Å². The third-order valence-corrected chi connectivity index (χ3v) is 2.80. The summed E-state index contributed by atoms with van der Waals surface area (Å²) >= 11 is 3.42. The highest BCUT2D eigenvalue weighted by atomic mass is 79.9. The van der Waals surface area contributed by atoms with Gasteiger partial charge in [0.15, 0.2) is 0 Å². The highest BCUT2D eigenvalue weighted by molar-refractivity contribution is 9.09. The zero-order valence-electron chi connectivity index (χ0n) is 9.51. The number of halogens is 1. The minimum Gasteiger partial charge on any atom is -0.496 e. The average molecular weight is 269 g/mol. The zero-order chi connectivity index (χ0) is 11.3. The average Bonchev–Trinajstić information content (AvgIpc) is 2.25. The van der Waals surface area contributed by atoms with Crippen molar-refractivity contribution in [3.05, 3.63) is 35.4 Å². The summed E-state index contributed by atoms with van der Waals surface area (Å²) in [5.41, 5.74) is 3.73. The summed E-state index contributed by atoms with van der Waals surface area (Å²) in [6, 6.07) is 6.26. The lowest BCUT2D eigenvalue weighted by atomic mass is 10.0.